The molecular weight excluding hydrogens is 368 g/mol. The zero-order valence-electron chi connectivity index (χ0n) is 12.3. The summed E-state index contributed by atoms with van der Waals surface area (Å²) in [5.41, 5.74) is 1.77. The fourth-order valence-electron chi connectivity index (χ4n) is 2.20. The van der Waals surface area contributed by atoms with Crippen LogP contribution in [0.15, 0.2) is 40.0 Å². The van der Waals surface area contributed by atoms with Gasteiger partial charge in [-0.15, -0.1) is 0 Å². The van der Waals surface area contributed by atoms with Crippen LogP contribution in [0.5, 0.6) is 0 Å². The molecule has 0 radical (unpaired) electrons. The van der Waals surface area contributed by atoms with Gasteiger partial charge in [0, 0.05) is 15.9 Å². The molecule has 1 atom stereocenters. The van der Waals surface area contributed by atoms with Gasteiger partial charge in [0.15, 0.2) is 0 Å². The lowest BCUT2D eigenvalue weighted by molar-refractivity contribution is -0.138. The Labute approximate surface area is 142 Å². The number of carbonyl (C=O) groups is 2. The third-order valence-corrected chi connectivity index (χ3v) is 4.26. The smallest absolute Gasteiger partial charge is 0.338 e. The number of esters is 1. The summed E-state index contributed by atoms with van der Waals surface area (Å²) in [5, 5.41) is 5.40. The largest absolute Gasteiger partial charge is 0.461 e. The Bertz CT molecular complexity index is 619. The average Bonchev–Trinajstić information content (AvgIpc) is 2.46. The summed E-state index contributed by atoms with van der Waals surface area (Å²) in [5.74, 6) is 0.323. The maximum Gasteiger partial charge on any atom is 0.338 e. The van der Waals surface area contributed by atoms with E-state index in [0.717, 1.165) is 15.8 Å². The van der Waals surface area contributed by atoms with Crippen LogP contribution in [0.1, 0.15) is 18.5 Å². The van der Waals surface area contributed by atoms with Crippen molar-refractivity contribution in [3.8, 4) is 0 Å². The lowest BCUT2D eigenvalue weighted by Crippen LogP contribution is -2.45. The Balaban J connectivity index is 2.30. The molecule has 7 heteroatoms. The summed E-state index contributed by atoms with van der Waals surface area (Å²) in [6, 6.07) is 6.64. The highest BCUT2D eigenvalue weighted by Crippen LogP contribution is 2.29. The van der Waals surface area contributed by atoms with E-state index in [1.165, 1.54) is 0 Å². The van der Waals surface area contributed by atoms with E-state index in [9.17, 15) is 9.59 Å². The number of carbonyl (C=O) groups excluding carboxylic acids is 2. The van der Waals surface area contributed by atoms with Gasteiger partial charge < -0.3 is 15.4 Å². The van der Waals surface area contributed by atoms with Crippen molar-refractivity contribution in [1.82, 2.24) is 10.6 Å². The summed E-state index contributed by atoms with van der Waals surface area (Å²) in [6.07, 6.45) is 1.95. The van der Waals surface area contributed by atoms with Gasteiger partial charge in [-0.3, -0.25) is 0 Å². The Kier molecular flexibility index (Phi) is 5.90. The summed E-state index contributed by atoms with van der Waals surface area (Å²) >= 11 is 5.01. The van der Waals surface area contributed by atoms with Crippen molar-refractivity contribution < 1.29 is 14.3 Å². The quantitative estimate of drug-likeness (QED) is 0.604. The molecule has 1 aromatic rings. The first-order valence-corrected chi connectivity index (χ1v) is 8.91. The SMILES string of the molecule is CSCCOC(=O)C1=C(C)NC(=O)N[C@@H]1c1cccc(Br)c1. The molecule has 5 nitrogen and oxygen atoms in total. The molecule has 2 amide bonds. The minimum atomic E-state index is -0.520. The normalized spacial score (nSPS) is 17.8. The van der Waals surface area contributed by atoms with Crippen LogP contribution in [-0.2, 0) is 9.53 Å². The molecule has 0 aromatic heterocycles. The Morgan fingerprint density at radius 3 is 2.91 bits per heavy atom. The Hall–Kier alpha value is -1.47. The monoisotopic (exact) mass is 384 g/mol. The van der Waals surface area contributed by atoms with Gasteiger partial charge in [-0.1, -0.05) is 28.1 Å². The standard InChI is InChI=1S/C15H17BrN2O3S/c1-9-12(14(19)21-6-7-22-2)13(18-15(20)17-9)10-4-3-5-11(16)8-10/h3-5,8,13H,6-7H2,1-2H3,(H2,17,18,20)/t13-/m1/s1. The van der Waals surface area contributed by atoms with Gasteiger partial charge in [0.1, 0.15) is 6.61 Å². The van der Waals surface area contributed by atoms with E-state index in [1.54, 1.807) is 18.7 Å². The third kappa shape index (κ3) is 4.04. The van der Waals surface area contributed by atoms with Gasteiger partial charge in [0.2, 0.25) is 0 Å². The van der Waals surface area contributed by atoms with Gasteiger partial charge in [0.25, 0.3) is 0 Å². The highest BCUT2D eigenvalue weighted by atomic mass is 79.9. The molecule has 0 unspecified atom stereocenters. The summed E-state index contributed by atoms with van der Waals surface area (Å²) in [7, 11) is 0. The molecule has 1 heterocycles. The summed E-state index contributed by atoms with van der Waals surface area (Å²) in [6.45, 7) is 2.05. The van der Waals surface area contributed by atoms with Gasteiger partial charge in [0.05, 0.1) is 11.6 Å². The van der Waals surface area contributed by atoms with Crippen LogP contribution >= 0.6 is 27.7 Å². The highest BCUT2D eigenvalue weighted by Gasteiger charge is 2.32. The number of nitrogens with one attached hydrogen (secondary N) is 2. The van der Waals surface area contributed by atoms with Gasteiger partial charge in [-0.2, -0.15) is 11.8 Å². The number of thioether (sulfide) groups is 1. The summed E-state index contributed by atoms with van der Waals surface area (Å²) in [4.78, 5) is 24.1. The molecular formula is C15H17BrN2O3S. The highest BCUT2D eigenvalue weighted by molar-refractivity contribution is 9.10. The van der Waals surface area contributed by atoms with E-state index in [4.69, 9.17) is 4.74 Å². The number of rotatable bonds is 5. The van der Waals surface area contributed by atoms with Crippen molar-refractivity contribution in [2.75, 3.05) is 18.6 Å². The number of hydrogen-bond donors (Lipinski definition) is 2. The zero-order chi connectivity index (χ0) is 16.1. The molecule has 1 aromatic carbocycles. The first-order chi connectivity index (χ1) is 10.5. The number of hydrogen-bond acceptors (Lipinski definition) is 4. The molecule has 0 saturated heterocycles. The minimum Gasteiger partial charge on any atom is -0.461 e. The van der Waals surface area contributed by atoms with Crippen LogP contribution in [0.4, 0.5) is 4.79 Å². The van der Waals surface area contributed by atoms with Crippen LogP contribution in [0, 0.1) is 0 Å². The maximum absolute atomic E-state index is 12.4. The molecule has 118 valence electrons. The predicted molar refractivity (Wildman–Crippen MR) is 90.6 cm³/mol. The molecule has 1 aliphatic rings. The molecule has 0 bridgehead atoms. The second kappa shape index (κ2) is 7.69. The van der Waals surface area contributed by atoms with E-state index >= 15 is 0 Å². The average molecular weight is 385 g/mol. The second-order valence-electron chi connectivity index (χ2n) is 4.75. The van der Waals surface area contributed by atoms with Crippen LogP contribution in [0.2, 0.25) is 0 Å². The molecule has 1 aliphatic heterocycles. The summed E-state index contributed by atoms with van der Waals surface area (Å²) < 4.78 is 6.17. The number of allylic oxidation sites excluding steroid dienone is 1. The van der Waals surface area contributed by atoms with Crippen LogP contribution < -0.4 is 10.6 Å². The maximum atomic E-state index is 12.4. The number of halogens is 1. The van der Waals surface area contributed by atoms with E-state index < -0.39 is 12.0 Å². The fourth-order valence-corrected chi connectivity index (χ4v) is 2.86. The number of amides is 2. The first-order valence-electron chi connectivity index (χ1n) is 6.72. The number of urea groups is 1. The van der Waals surface area contributed by atoms with Crippen LogP contribution in [0.25, 0.3) is 0 Å². The van der Waals surface area contributed by atoms with Crippen LogP contribution in [-0.4, -0.2) is 30.6 Å². The van der Waals surface area contributed by atoms with Crippen molar-refractivity contribution in [2.45, 2.75) is 13.0 Å². The van der Waals surface area contributed by atoms with Crippen molar-refractivity contribution >= 4 is 39.7 Å². The van der Waals surface area contributed by atoms with Crippen LogP contribution in [0.3, 0.4) is 0 Å². The minimum absolute atomic E-state index is 0.330. The molecule has 2 N–H and O–H groups in total. The lowest BCUT2D eigenvalue weighted by atomic mass is 9.96. The lowest BCUT2D eigenvalue weighted by Gasteiger charge is -2.28. The van der Waals surface area contributed by atoms with E-state index in [-0.39, 0.29) is 6.03 Å². The van der Waals surface area contributed by atoms with Gasteiger partial charge >= 0.3 is 12.0 Å². The van der Waals surface area contributed by atoms with E-state index in [1.807, 2.05) is 30.5 Å². The van der Waals surface area contributed by atoms with E-state index in [2.05, 4.69) is 26.6 Å². The van der Waals surface area contributed by atoms with Crippen molar-refractivity contribution in [2.24, 2.45) is 0 Å². The molecule has 22 heavy (non-hydrogen) atoms. The molecule has 0 saturated carbocycles. The molecule has 0 spiro atoms. The number of ether oxygens (including phenoxy) is 1. The predicted octanol–water partition coefficient (Wildman–Crippen LogP) is 2.98. The Morgan fingerprint density at radius 1 is 1.45 bits per heavy atom. The zero-order valence-corrected chi connectivity index (χ0v) is 14.7. The molecule has 2 rings (SSSR count). The van der Waals surface area contributed by atoms with Crippen molar-refractivity contribution in [3.05, 3.63) is 45.6 Å². The Morgan fingerprint density at radius 2 is 2.23 bits per heavy atom. The van der Waals surface area contributed by atoms with Crippen molar-refractivity contribution in [3.63, 3.8) is 0 Å². The fraction of sp³-hybridized carbons (Fsp3) is 0.333. The second-order valence-corrected chi connectivity index (χ2v) is 6.66. The van der Waals surface area contributed by atoms with Crippen molar-refractivity contribution in [1.29, 1.82) is 0 Å². The molecule has 0 aliphatic carbocycles. The van der Waals surface area contributed by atoms with Gasteiger partial charge in [-0.05, 0) is 30.9 Å². The topological polar surface area (TPSA) is 67.4 Å². The van der Waals surface area contributed by atoms with E-state index in [0.29, 0.717) is 17.9 Å². The van der Waals surface area contributed by atoms with Gasteiger partial charge in [-0.25, -0.2) is 9.59 Å². The molecule has 0 fully saturated rings. The third-order valence-electron chi connectivity index (χ3n) is 3.19. The first kappa shape index (κ1) is 16.9. The number of benzene rings is 1.